The molecule has 5 heteroatoms. The number of aromatic nitrogens is 2. The Hall–Kier alpha value is -2.30. The van der Waals surface area contributed by atoms with Gasteiger partial charge in [0.1, 0.15) is 5.82 Å². The first-order valence-electron chi connectivity index (χ1n) is 4.82. The molecule has 0 aliphatic carbocycles. The molecule has 0 radical (unpaired) electrons. The Morgan fingerprint density at radius 3 is 2.69 bits per heavy atom. The molecule has 0 unspecified atom stereocenters. The first-order chi connectivity index (χ1) is 7.83. The molecule has 1 aromatic carbocycles. The van der Waals surface area contributed by atoms with Crippen LogP contribution >= 0.6 is 0 Å². The molecule has 16 heavy (non-hydrogen) atoms. The lowest BCUT2D eigenvalue weighted by Crippen LogP contribution is -1.94. The summed E-state index contributed by atoms with van der Waals surface area (Å²) in [5.74, 6) is 1.90. The van der Waals surface area contributed by atoms with Crippen molar-refractivity contribution in [2.75, 3.05) is 12.5 Å². The SMILES string of the molecule is Nc1ccc(-c2ccc3c(c2)OCO3)nn1. The van der Waals surface area contributed by atoms with E-state index in [1.54, 1.807) is 6.07 Å². The number of nitrogen functional groups attached to an aromatic ring is 1. The van der Waals surface area contributed by atoms with Gasteiger partial charge in [0, 0.05) is 5.56 Å². The normalized spacial score (nSPS) is 12.8. The number of nitrogens with zero attached hydrogens (tertiary/aromatic N) is 2. The van der Waals surface area contributed by atoms with Gasteiger partial charge < -0.3 is 15.2 Å². The Morgan fingerprint density at radius 1 is 1.00 bits per heavy atom. The maximum atomic E-state index is 5.48. The third-order valence-corrected chi connectivity index (χ3v) is 2.35. The van der Waals surface area contributed by atoms with Crippen molar-refractivity contribution in [3.63, 3.8) is 0 Å². The largest absolute Gasteiger partial charge is 0.454 e. The van der Waals surface area contributed by atoms with Gasteiger partial charge in [0.05, 0.1) is 5.69 Å². The number of rotatable bonds is 1. The second-order valence-corrected chi connectivity index (χ2v) is 3.41. The lowest BCUT2D eigenvalue weighted by atomic mass is 10.1. The van der Waals surface area contributed by atoms with E-state index >= 15 is 0 Å². The molecule has 80 valence electrons. The summed E-state index contributed by atoms with van der Waals surface area (Å²) in [5.41, 5.74) is 7.16. The number of nitrogens with two attached hydrogens (primary N) is 1. The predicted octanol–water partition coefficient (Wildman–Crippen LogP) is 1.45. The summed E-state index contributed by atoms with van der Waals surface area (Å²) in [6, 6.07) is 9.18. The number of hydrogen-bond donors (Lipinski definition) is 1. The highest BCUT2D eigenvalue weighted by Crippen LogP contribution is 2.35. The highest BCUT2D eigenvalue weighted by molar-refractivity contribution is 5.64. The molecule has 1 aromatic heterocycles. The van der Waals surface area contributed by atoms with Crippen LogP contribution in [-0.4, -0.2) is 17.0 Å². The maximum absolute atomic E-state index is 5.48. The minimum absolute atomic E-state index is 0.270. The van der Waals surface area contributed by atoms with Crippen molar-refractivity contribution < 1.29 is 9.47 Å². The van der Waals surface area contributed by atoms with Crippen molar-refractivity contribution in [1.29, 1.82) is 0 Å². The van der Waals surface area contributed by atoms with Crippen molar-refractivity contribution in [1.82, 2.24) is 10.2 Å². The van der Waals surface area contributed by atoms with E-state index in [2.05, 4.69) is 10.2 Å². The zero-order valence-corrected chi connectivity index (χ0v) is 8.38. The molecular weight excluding hydrogens is 206 g/mol. The fourth-order valence-corrected chi connectivity index (χ4v) is 1.55. The van der Waals surface area contributed by atoms with Gasteiger partial charge in [-0.2, -0.15) is 0 Å². The van der Waals surface area contributed by atoms with E-state index in [4.69, 9.17) is 15.2 Å². The molecule has 1 aliphatic heterocycles. The molecule has 0 bridgehead atoms. The number of anilines is 1. The van der Waals surface area contributed by atoms with Gasteiger partial charge in [-0.05, 0) is 30.3 Å². The quantitative estimate of drug-likeness (QED) is 0.779. The van der Waals surface area contributed by atoms with Gasteiger partial charge in [-0.3, -0.25) is 0 Å². The summed E-state index contributed by atoms with van der Waals surface area (Å²) in [4.78, 5) is 0. The van der Waals surface area contributed by atoms with Gasteiger partial charge in [0.2, 0.25) is 6.79 Å². The Balaban J connectivity index is 2.03. The summed E-state index contributed by atoms with van der Waals surface area (Å²) >= 11 is 0. The molecule has 5 nitrogen and oxygen atoms in total. The molecule has 0 saturated carbocycles. The van der Waals surface area contributed by atoms with E-state index in [0.29, 0.717) is 5.82 Å². The van der Waals surface area contributed by atoms with Crippen LogP contribution in [0.25, 0.3) is 11.3 Å². The third kappa shape index (κ3) is 1.42. The molecule has 3 rings (SSSR count). The second kappa shape index (κ2) is 3.37. The molecule has 2 N–H and O–H groups in total. The Labute approximate surface area is 91.8 Å². The molecule has 1 aliphatic rings. The maximum Gasteiger partial charge on any atom is 0.231 e. The fraction of sp³-hybridized carbons (Fsp3) is 0.0909. The molecule has 0 fully saturated rings. The van der Waals surface area contributed by atoms with Crippen LogP contribution in [0.5, 0.6) is 11.5 Å². The number of hydrogen-bond acceptors (Lipinski definition) is 5. The molecule has 2 aromatic rings. The summed E-state index contributed by atoms with van der Waals surface area (Å²) in [6.45, 7) is 0.270. The third-order valence-electron chi connectivity index (χ3n) is 2.35. The lowest BCUT2D eigenvalue weighted by molar-refractivity contribution is 0.174. The molecule has 0 atom stereocenters. The Bertz CT molecular complexity index is 525. The fourth-order valence-electron chi connectivity index (χ4n) is 1.55. The zero-order chi connectivity index (χ0) is 11.0. The van der Waals surface area contributed by atoms with Crippen molar-refractivity contribution >= 4 is 5.82 Å². The van der Waals surface area contributed by atoms with E-state index in [-0.39, 0.29) is 6.79 Å². The van der Waals surface area contributed by atoms with Crippen LogP contribution in [0.3, 0.4) is 0 Å². The van der Waals surface area contributed by atoms with Crippen LogP contribution in [0.4, 0.5) is 5.82 Å². The van der Waals surface area contributed by atoms with Crippen molar-refractivity contribution in [3.8, 4) is 22.8 Å². The van der Waals surface area contributed by atoms with Crippen LogP contribution in [0.1, 0.15) is 0 Å². The molecule has 0 spiro atoms. The van der Waals surface area contributed by atoms with Crippen molar-refractivity contribution in [2.45, 2.75) is 0 Å². The first kappa shape index (κ1) is 8.96. The van der Waals surface area contributed by atoms with Crippen LogP contribution in [0, 0.1) is 0 Å². The van der Waals surface area contributed by atoms with Gasteiger partial charge in [-0.1, -0.05) is 0 Å². The van der Waals surface area contributed by atoms with E-state index in [9.17, 15) is 0 Å². The average Bonchev–Trinajstić information content (AvgIpc) is 2.77. The monoisotopic (exact) mass is 215 g/mol. The van der Waals surface area contributed by atoms with E-state index in [1.807, 2.05) is 24.3 Å². The predicted molar refractivity (Wildman–Crippen MR) is 58.0 cm³/mol. The van der Waals surface area contributed by atoms with Gasteiger partial charge >= 0.3 is 0 Å². The van der Waals surface area contributed by atoms with Crippen LogP contribution < -0.4 is 15.2 Å². The van der Waals surface area contributed by atoms with E-state index in [1.165, 1.54) is 0 Å². The first-order valence-corrected chi connectivity index (χ1v) is 4.82. The van der Waals surface area contributed by atoms with Gasteiger partial charge in [0.15, 0.2) is 11.5 Å². The highest BCUT2D eigenvalue weighted by Gasteiger charge is 2.14. The standard InChI is InChI=1S/C11H9N3O2/c12-11-4-2-8(13-14-11)7-1-3-9-10(5-7)16-6-15-9/h1-5H,6H2,(H2,12,14). The van der Waals surface area contributed by atoms with Gasteiger partial charge in [-0.15, -0.1) is 10.2 Å². The van der Waals surface area contributed by atoms with Crippen LogP contribution in [0.15, 0.2) is 30.3 Å². The average molecular weight is 215 g/mol. The minimum atomic E-state index is 0.270. The summed E-state index contributed by atoms with van der Waals surface area (Å²) in [6.07, 6.45) is 0. The topological polar surface area (TPSA) is 70.3 Å². The van der Waals surface area contributed by atoms with Crippen molar-refractivity contribution in [3.05, 3.63) is 30.3 Å². The Kier molecular flexibility index (Phi) is 1.89. The lowest BCUT2D eigenvalue weighted by Gasteiger charge is -2.01. The molecular formula is C11H9N3O2. The zero-order valence-electron chi connectivity index (χ0n) is 8.38. The molecule has 0 saturated heterocycles. The van der Waals surface area contributed by atoms with E-state index in [0.717, 1.165) is 22.8 Å². The van der Waals surface area contributed by atoms with Gasteiger partial charge in [0.25, 0.3) is 0 Å². The number of fused-ring (bicyclic) bond motifs is 1. The smallest absolute Gasteiger partial charge is 0.231 e. The minimum Gasteiger partial charge on any atom is -0.454 e. The van der Waals surface area contributed by atoms with E-state index < -0.39 is 0 Å². The van der Waals surface area contributed by atoms with Crippen LogP contribution in [-0.2, 0) is 0 Å². The summed E-state index contributed by atoms with van der Waals surface area (Å²) < 4.78 is 10.5. The second-order valence-electron chi connectivity index (χ2n) is 3.41. The molecule has 0 amide bonds. The summed E-state index contributed by atoms with van der Waals surface area (Å²) in [5, 5.41) is 7.81. The highest BCUT2D eigenvalue weighted by atomic mass is 16.7. The van der Waals surface area contributed by atoms with Crippen LogP contribution in [0.2, 0.25) is 0 Å². The van der Waals surface area contributed by atoms with Gasteiger partial charge in [-0.25, -0.2) is 0 Å². The number of benzene rings is 1. The Morgan fingerprint density at radius 2 is 1.88 bits per heavy atom. The summed E-state index contributed by atoms with van der Waals surface area (Å²) in [7, 11) is 0. The molecule has 2 heterocycles. The number of ether oxygens (including phenoxy) is 2. The van der Waals surface area contributed by atoms with Crippen molar-refractivity contribution in [2.24, 2.45) is 0 Å².